The van der Waals surface area contributed by atoms with Gasteiger partial charge in [-0.3, -0.25) is 0 Å². The molecule has 0 unspecified atom stereocenters. The van der Waals surface area contributed by atoms with Crippen molar-refractivity contribution < 1.29 is 53.8 Å². The number of carbonyl (C=O) groups excluding carboxylic acids is 1. The molecule has 2 aromatic rings. The normalized spacial score (nSPS) is 25.1. The van der Waals surface area contributed by atoms with E-state index in [1.807, 2.05) is 4.72 Å². The molecule has 238 valence electrons. The van der Waals surface area contributed by atoms with Crippen molar-refractivity contribution in [2.24, 2.45) is 0 Å². The second-order valence-corrected chi connectivity index (χ2v) is 12.5. The van der Waals surface area contributed by atoms with Gasteiger partial charge < -0.3 is 20.5 Å². The summed E-state index contributed by atoms with van der Waals surface area (Å²) in [6, 6.07) is 0.488. The quantitative estimate of drug-likeness (QED) is 0.286. The molecule has 0 aliphatic heterocycles. The first-order chi connectivity index (χ1) is 19.8. The third kappa shape index (κ3) is 8.23. The van der Waals surface area contributed by atoms with E-state index in [9.17, 15) is 49.1 Å². The standard InChI is InChI=1S/C25H28F7N5O5S/c1-13(8-24(27,28)29)35-22(38)42-17-3-2-14(6-17)15-11-33-21(34-12-15)36-20-5-4-18(7-19(20)26)43(40,41)37-16-9-23(39,10-16)25(30,31)32/h4-5,7,11-14,16-17,37,39H,2-3,6,8-10H2,1H3,(H,35,38)(H,33,34,36)/t13-,14-,16?,17+,23?/m0/s1. The number of alkyl carbamates (subject to hydrolysis) is 1. The van der Waals surface area contributed by atoms with E-state index in [0.29, 0.717) is 30.9 Å². The maximum absolute atomic E-state index is 14.7. The van der Waals surface area contributed by atoms with E-state index < -0.39 is 82.2 Å². The SMILES string of the molecule is C[C@@H](CC(F)(F)F)NC(=O)O[C@@H]1CC[C@H](c2cnc(Nc3ccc(S(=O)(=O)NC4CC(O)(C(F)(F)F)C4)cc3F)nc2)C1. The summed E-state index contributed by atoms with van der Waals surface area (Å²) in [7, 11) is -4.38. The molecule has 1 aromatic carbocycles. The van der Waals surface area contributed by atoms with Crippen LogP contribution < -0.4 is 15.4 Å². The lowest BCUT2D eigenvalue weighted by Crippen LogP contribution is -2.62. The van der Waals surface area contributed by atoms with Crippen LogP contribution in [0, 0.1) is 5.82 Å². The van der Waals surface area contributed by atoms with Gasteiger partial charge in [0.05, 0.1) is 17.0 Å². The molecular formula is C25H28F7N5O5S. The number of alkyl halides is 6. The average Bonchev–Trinajstić information content (AvgIpc) is 3.30. The molecule has 2 saturated carbocycles. The van der Waals surface area contributed by atoms with Crippen LogP contribution in [-0.4, -0.2) is 65.7 Å². The van der Waals surface area contributed by atoms with Crippen LogP contribution in [0.15, 0.2) is 35.5 Å². The van der Waals surface area contributed by atoms with Gasteiger partial charge in [0, 0.05) is 37.3 Å². The molecule has 3 atom stereocenters. The Morgan fingerprint density at radius 1 is 1.14 bits per heavy atom. The number of amides is 1. The summed E-state index contributed by atoms with van der Waals surface area (Å²) >= 11 is 0. The van der Waals surface area contributed by atoms with Gasteiger partial charge in [-0.15, -0.1) is 0 Å². The number of halogens is 7. The van der Waals surface area contributed by atoms with Crippen LogP contribution in [0.1, 0.15) is 56.9 Å². The summed E-state index contributed by atoms with van der Waals surface area (Å²) in [5.41, 5.74) is -2.47. The number of carbonyl (C=O) groups is 1. The number of hydrogen-bond donors (Lipinski definition) is 4. The van der Waals surface area contributed by atoms with Crippen molar-refractivity contribution in [1.82, 2.24) is 20.0 Å². The van der Waals surface area contributed by atoms with E-state index in [1.54, 1.807) is 0 Å². The van der Waals surface area contributed by atoms with Gasteiger partial charge in [0.1, 0.15) is 11.9 Å². The number of benzene rings is 1. The van der Waals surface area contributed by atoms with Crippen LogP contribution in [0.4, 0.5) is 47.2 Å². The Morgan fingerprint density at radius 2 is 1.79 bits per heavy atom. The zero-order valence-corrected chi connectivity index (χ0v) is 23.3. The van der Waals surface area contributed by atoms with Crippen LogP contribution in [0.5, 0.6) is 0 Å². The molecule has 0 spiro atoms. The Balaban J connectivity index is 1.28. The monoisotopic (exact) mass is 643 g/mol. The van der Waals surface area contributed by atoms with Crippen molar-refractivity contribution in [3.63, 3.8) is 0 Å². The Bertz CT molecular complexity index is 1420. The number of hydrogen-bond acceptors (Lipinski definition) is 8. The highest BCUT2D eigenvalue weighted by molar-refractivity contribution is 7.89. The first-order valence-electron chi connectivity index (χ1n) is 13.1. The number of rotatable bonds is 9. The lowest BCUT2D eigenvalue weighted by Gasteiger charge is -2.44. The maximum Gasteiger partial charge on any atom is 0.417 e. The molecule has 2 aliphatic carbocycles. The minimum atomic E-state index is -4.90. The van der Waals surface area contributed by atoms with E-state index in [1.165, 1.54) is 19.3 Å². The maximum atomic E-state index is 14.7. The second kappa shape index (κ2) is 12.0. The van der Waals surface area contributed by atoms with Crippen LogP contribution in [0.3, 0.4) is 0 Å². The number of nitrogens with one attached hydrogen (secondary N) is 3. The molecule has 0 bridgehead atoms. The van der Waals surface area contributed by atoms with Crippen molar-refractivity contribution in [3.8, 4) is 0 Å². The van der Waals surface area contributed by atoms with Gasteiger partial charge in [-0.25, -0.2) is 32.3 Å². The Labute approximate surface area is 241 Å². The first kappa shape index (κ1) is 32.7. The van der Waals surface area contributed by atoms with Gasteiger partial charge in [0.2, 0.25) is 16.0 Å². The molecule has 1 aromatic heterocycles. The summed E-state index contributed by atoms with van der Waals surface area (Å²) < 4.78 is 123. The average molecular weight is 644 g/mol. The van der Waals surface area contributed by atoms with Crippen molar-refractivity contribution in [2.45, 2.75) is 92.4 Å². The molecule has 1 amide bonds. The molecule has 2 fully saturated rings. The number of aliphatic hydroxyl groups is 1. The lowest BCUT2D eigenvalue weighted by atomic mass is 9.76. The summed E-state index contributed by atoms with van der Waals surface area (Å²) in [5, 5.41) is 14.3. The number of anilines is 2. The molecule has 18 heteroatoms. The molecule has 4 rings (SSSR count). The van der Waals surface area contributed by atoms with Crippen LogP contribution in [-0.2, 0) is 14.8 Å². The minimum Gasteiger partial charge on any atom is -0.446 e. The lowest BCUT2D eigenvalue weighted by molar-refractivity contribution is -0.290. The molecule has 4 N–H and O–H groups in total. The molecule has 1 heterocycles. The molecule has 0 saturated heterocycles. The van der Waals surface area contributed by atoms with Crippen molar-refractivity contribution in [2.75, 3.05) is 5.32 Å². The smallest absolute Gasteiger partial charge is 0.417 e. The summed E-state index contributed by atoms with van der Waals surface area (Å²) in [6.45, 7) is 1.22. The van der Waals surface area contributed by atoms with E-state index in [4.69, 9.17) is 4.74 Å². The predicted octanol–water partition coefficient (Wildman–Crippen LogP) is 4.80. The van der Waals surface area contributed by atoms with E-state index in [2.05, 4.69) is 20.6 Å². The van der Waals surface area contributed by atoms with Gasteiger partial charge in [0.15, 0.2) is 5.60 Å². The predicted molar refractivity (Wildman–Crippen MR) is 136 cm³/mol. The number of sulfonamides is 1. The third-order valence-corrected chi connectivity index (χ3v) is 8.74. The first-order valence-corrected chi connectivity index (χ1v) is 14.6. The largest absolute Gasteiger partial charge is 0.446 e. The van der Waals surface area contributed by atoms with Crippen molar-refractivity contribution >= 4 is 27.8 Å². The summed E-state index contributed by atoms with van der Waals surface area (Å²) in [6.07, 6.45) is -9.27. The van der Waals surface area contributed by atoms with E-state index in [0.717, 1.165) is 12.1 Å². The van der Waals surface area contributed by atoms with Gasteiger partial charge in [0.25, 0.3) is 0 Å². The number of aromatic nitrogens is 2. The minimum absolute atomic E-state index is 0.0267. The zero-order chi connectivity index (χ0) is 31.8. The Hall–Kier alpha value is -3.25. The highest BCUT2D eigenvalue weighted by atomic mass is 32.2. The highest BCUT2D eigenvalue weighted by Gasteiger charge is 2.61. The van der Waals surface area contributed by atoms with Crippen LogP contribution >= 0.6 is 0 Å². The Morgan fingerprint density at radius 3 is 2.37 bits per heavy atom. The van der Waals surface area contributed by atoms with Gasteiger partial charge >= 0.3 is 18.4 Å². The number of ether oxygens (including phenoxy) is 1. The van der Waals surface area contributed by atoms with Gasteiger partial charge in [-0.1, -0.05) is 0 Å². The fourth-order valence-corrected chi connectivity index (χ4v) is 6.24. The van der Waals surface area contributed by atoms with Crippen molar-refractivity contribution in [1.29, 1.82) is 0 Å². The van der Waals surface area contributed by atoms with E-state index in [-0.39, 0.29) is 17.6 Å². The summed E-state index contributed by atoms with van der Waals surface area (Å²) in [4.78, 5) is 19.6. The molecular weight excluding hydrogens is 615 g/mol. The number of nitrogens with zero attached hydrogens (tertiary/aromatic N) is 2. The van der Waals surface area contributed by atoms with Crippen LogP contribution in [0.2, 0.25) is 0 Å². The highest BCUT2D eigenvalue weighted by Crippen LogP contribution is 2.45. The summed E-state index contributed by atoms with van der Waals surface area (Å²) in [5.74, 6) is -1.13. The van der Waals surface area contributed by atoms with E-state index >= 15 is 0 Å². The van der Waals surface area contributed by atoms with Crippen LogP contribution in [0.25, 0.3) is 0 Å². The molecule has 2 aliphatic rings. The van der Waals surface area contributed by atoms with Gasteiger partial charge in [-0.2, -0.15) is 26.3 Å². The van der Waals surface area contributed by atoms with Crippen molar-refractivity contribution in [3.05, 3.63) is 42.0 Å². The molecule has 0 radical (unpaired) electrons. The topological polar surface area (TPSA) is 143 Å². The molecule has 43 heavy (non-hydrogen) atoms. The van der Waals surface area contributed by atoms with Gasteiger partial charge in [-0.05, 0) is 55.9 Å². The fraction of sp³-hybridized carbons (Fsp3) is 0.560. The molecule has 10 nitrogen and oxygen atoms in total. The Kier molecular flexibility index (Phi) is 9.14. The third-order valence-electron chi connectivity index (χ3n) is 7.22. The zero-order valence-electron chi connectivity index (χ0n) is 22.5. The second-order valence-electron chi connectivity index (χ2n) is 10.8. The fourth-order valence-electron chi connectivity index (χ4n) is 4.99.